The maximum Gasteiger partial charge on any atom is 0.138 e. The van der Waals surface area contributed by atoms with Crippen LogP contribution in [0.5, 0.6) is 0 Å². The fourth-order valence-corrected chi connectivity index (χ4v) is 8.73. The first-order chi connectivity index (χ1) is 27.7. The molecule has 11 rings (SSSR count). The van der Waals surface area contributed by atoms with Gasteiger partial charge in [-0.25, -0.2) is 4.98 Å². The van der Waals surface area contributed by atoms with Crippen molar-refractivity contribution in [2.75, 3.05) is 0 Å². The molecule has 0 aliphatic heterocycles. The molecule has 0 N–H and O–H groups in total. The van der Waals surface area contributed by atoms with Crippen molar-refractivity contribution in [1.29, 1.82) is 0 Å². The van der Waals surface area contributed by atoms with Crippen LogP contribution in [-0.4, -0.2) is 14.1 Å². The van der Waals surface area contributed by atoms with Gasteiger partial charge in [0.15, 0.2) is 0 Å². The van der Waals surface area contributed by atoms with E-state index in [4.69, 9.17) is 15.8 Å². The summed E-state index contributed by atoms with van der Waals surface area (Å²) in [5, 5.41) is 6.73. The minimum atomic E-state index is 0.851. The number of para-hydroxylation sites is 3. The molecular formula is C52H33N3O. The zero-order valence-corrected chi connectivity index (χ0v) is 30.6. The number of terminal acetylenes is 1. The summed E-state index contributed by atoms with van der Waals surface area (Å²) >= 11 is 0. The second-order valence-corrected chi connectivity index (χ2v) is 14.3. The van der Waals surface area contributed by atoms with Gasteiger partial charge in [0.2, 0.25) is 0 Å². The predicted molar refractivity (Wildman–Crippen MR) is 232 cm³/mol. The molecule has 4 nitrogen and oxygen atoms in total. The average molecular weight is 716 g/mol. The summed E-state index contributed by atoms with van der Waals surface area (Å²) in [6.07, 6.45) is 6.50. The van der Waals surface area contributed by atoms with Gasteiger partial charge in [-0.15, -0.1) is 6.42 Å². The first-order valence-corrected chi connectivity index (χ1v) is 18.8. The third kappa shape index (κ3) is 4.78. The van der Waals surface area contributed by atoms with Gasteiger partial charge in [-0.1, -0.05) is 127 Å². The summed E-state index contributed by atoms with van der Waals surface area (Å²) < 4.78 is 10.8. The molecule has 0 saturated heterocycles. The fraction of sp³-hybridized carbons (Fsp3) is 0.0192. The van der Waals surface area contributed by atoms with E-state index in [1.807, 2.05) is 12.1 Å². The molecule has 4 heterocycles. The van der Waals surface area contributed by atoms with Gasteiger partial charge in [-0.2, -0.15) is 0 Å². The molecule has 4 aromatic heterocycles. The van der Waals surface area contributed by atoms with Crippen LogP contribution in [-0.2, 0) is 0 Å². The van der Waals surface area contributed by atoms with Gasteiger partial charge < -0.3 is 8.98 Å². The van der Waals surface area contributed by atoms with Crippen molar-refractivity contribution in [3.05, 3.63) is 187 Å². The second-order valence-electron chi connectivity index (χ2n) is 14.3. The third-order valence-electron chi connectivity index (χ3n) is 11.2. The number of hydrogen-bond donors (Lipinski definition) is 0. The number of rotatable bonds is 5. The number of benzene rings is 7. The monoisotopic (exact) mass is 715 g/mol. The zero-order valence-electron chi connectivity index (χ0n) is 30.6. The quantitative estimate of drug-likeness (QED) is 0.166. The number of nitrogens with zero attached hydrogens (tertiary/aromatic N) is 3. The van der Waals surface area contributed by atoms with E-state index in [1.54, 1.807) is 0 Å². The largest absolute Gasteiger partial charge is 0.456 e. The van der Waals surface area contributed by atoms with Crippen molar-refractivity contribution in [1.82, 2.24) is 14.1 Å². The molecular weight excluding hydrogens is 683 g/mol. The van der Waals surface area contributed by atoms with Gasteiger partial charge in [-0.05, 0) is 83.4 Å². The Labute approximate surface area is 323 Å². The first kappa shape index (κ1) is 31.9. The summed E-state index contributed by atoms with van der Waals surface area (Å²) in [5.74, 6) is 3.99. The molecule has 0 spiro atoms. The van der Waals surface area contributed by atoms with Gasteiger partial charge in [-0.3, -0.25) is 4.57 Å². The van der Waals surface area contributed by atoms with Crippen LogP contribution in [0, 0.1) is 19.3 Å². The van der Waals surface area contributed by atoms with Crippen LogP contribution in [0.2, 0.25) is 0 Å². The summed E-state index contributed by atoms with van der Waals surface area (Å²) in [7, 11) is 0. The Morgan fingerprint density at radius 1 is 0.536 bits per heavy atom. The van der Waals surface area contributed by atoms with E-state index in [0.717, 1.165) is 100 Å². The maximum atomic E-state index is 6.50. The Hall–Kier alpha value is -7.61. The van der Waals surface area contributed by atoms with Crippen molar-refractivity contribution in [3.8, 4) is 57.5 Å². The summed E-state index contributed by atoms with van der Waals surface area (Å²) in [5.41, 5.74) is 13.2. The Bertz CT molecular complexity index is 3400. The second kappa shape index (κ2) is 12.5. The van der Waals surface area contributed by atoms with Crippen LogP contribution in [0.25, 0.3) is 99.7 Å². The van der Waals surface area contributed by atoms with E-state index in [2.05, 4.69) is 186 Å². The normalized spacial score (nSPS) is 11.6. The van der Waals surface area contributed by atoms with Gasteiger partial charge in [0.05, 0.1) is 28.0 Å². The van der Waals surface area contributed by atoms with Gasteiger partial charge >= 0.3 is 0 Å². The van der Waals surface area contributed by atoms with Crippen LogP contribution in [0.15, 0.2) is 180 Å². The highest BCUT2D eigenvalue weighted by atomic mass is 16.3. The van der Waals surface area contributed by atoms with E-state index in [-0.39, 0.29) is 0 Å². The summed E-state index contributed by atoms with van der Waals surface area (Å²) in [4.78, 5) is 5.34. The van der Waals surface area contributed by atoms with Gasteiger partial charge in [0, 0.05) is 44.1 Å². The standard InChI is InChI=1S/C52H33N3O/c1-3-38-41-20-6-9-25-46(41)55(37-18-12-17-35(31-37)36-29-30-49-44(32-36)42-21-8-11-27-48(42)56-49)52(38)51-33(2)54(47-26-10-7-22-43(47)51)50-28-14-24-45(53-50)40-23-13-16-34-15-4-5-19-39(34)40/h1,4-32H,2H3. The first-order valence-electron chi connectivity index (χ1n) is 18.8. The number of aromatic nitrogens is 3. The summed E-state index contributed by atoms with van der Waals surface area (Å²) in [6.45, 7) is 2.19. The Kier molecular flexibility index (Phi) is 7.10. The number of furan rings is 1. The number of pyridine rings is 1. The minimum Gasteiger partial charge on any atom is -0.456 e. The van der Waals surface area contributed by atoms with Crippen molar-refractivity contribution in [2.45, 2.75) is 6.92 Å². The highest BCUT2D eigenvalue weighted by Gasteiger charge is 2.26. The zero-order chi connectivity index (χ0) is 37.3. The molecule has 0 bridgehead atoms. The molecule has 56 heavy (non-hydrogen) atoms. The number of fused-ring (bicyclic) bond motifs is 6. The lowest BCUT2D eigenvalue weighted by molar-refractivity contribution is 0.669. The van der Waals surface area contributed by atoms with Crippen LogP contribution in [0.3, 0.4) is 0 Å². The van der Waals surface area contributed by atoms with Crippen molar-refractivity contribution < 1.29 is 4.42 Å². The maximum absolute atomic E-state index is 6.50. The lowest BCUT2D eigenvalue weighted by Gasteiger charge is -2.15. The SMILES string of the molecule is C#Cc1c(-c2c(C)n(-c3cccc(-c4cccc5ccccc45)n3)c3ccccc23)n(-c2cccc(-c3ccc4oc5ccccc5c4c3)c2)c2ccccc12. The molecule has 7 aromatic carbocycles. The highest BCUT2D eigenvalue weighted by molar-refractivity contribution is 6.07. The van der Waals surface area contributed by atoms with Gasteiger partial charge in [0.25, 0.3) is 0 Å². The molecule has 0 aliphatic carbocycles. The van der Waals surface area contributed by atoms with Gasteiger partial charge in [0.1, 0.15) is 17.0 Å². The molecule has 0 saturated carbocycles. The lowest BCUT2D eigenvalue weighted by Crippen LogP contribution is -2.02. The molecule has 0 unspecified atom stereocenters. The van der Waals surface area contributed by atoms with Crippen molar-refractivity contribution in [3.63, 3.8) is 0 Å². The smallest absolute Gasteiger partial charge is 0.138 e. The number of hydrogen-bond acceptors (Lipinski definition) is 2. The minimum absolute atomic E-state index is 0.851. The van der Waals surface area contributed by atoms with Crippen LogP contribution in [0.1, 0.15) is 11.3 Å². The molecule has 262 valence electrons. The fourth-order valence-electron chi connectivity index (χ4n) is 8.73. The molecule has 4 heteroatoms. The molecule has 0 aliphatic rings. The van der Waals surface area contributed by atoms with Crippen LogP contribution in [0.4, 0.5) is 0 Å². The molecule has 0 radical (unpaired) electrons. The molecule has 0 amide bonds. The van der Waals surface area contributed by atoms with E-state index in [1.165, 1.54) is 10.8 Å². The van der Waals surface area contributed by atoms with E-state index in [9.17, 15) is 0 Å². The molecule has 11 aromatic rings. The highest BCUT2D eigenvalue weighted by Crippen LogP contribution is 2.44. The van der Waals surface area contributed by atoms with Crippen molar-refractivity contribution in [2.24, 2.45) is 0 Å². The Balaban J connectivity index is 1.13. The van der Waals surface area contributed by atoms with Crippen molar-refractivity contribution >= 4 is 54.5 Å². The average Bonchev–Trinajstić information content (AvgIpc) is 3.89. The van der Waals surface area contributed by atoms with Crippen LogP contribution < -0.4 is 0 Å². The lowest BCUT2D eigenvalue weighted by atomic mass is 10.0. The van der Waals surface area contributed by atoms with Crippen LogP contribution >= 0.6 is 0 Å². The Morgan fingerprint density at radius 3 is 2.05 bits per heavy atom. The predicted octanol–water partition coefficient (Wildman–Crippen LogP) is 13.3. The van der Waals surface area contributed by atoms with E-state index < -0.39 is 0 Å². The van der Waals surface area contributed by atoms with E-state index >= 15 is 0 Å². The topological polar surface area (TPSA) is 35.9 Å². The molecule has 0 fully saturated rings. The third-order valence-corrected chi connectivity index (χ3v) is 11.2. The molecule has 0 atom stereocenters. The summed E-state index contributed by atoms with van der Waals surface area (Å²) in [6, 6.07) is 61.6. The Morgan fingerprint density at radius 2 is 1.20 bits per heavy atom. The van der Waals surface area contributed by atoms with E-state index in [0.29, 0.717) is 0 Å².